The standard InChI is InChI=1S/C13H12N6S/c1-3-12(20-13-17-9-18-19-13)4-2-10(1)15-7-11-5-6-14-8-16-11/h1-6,8-9,15H,7H2,(H,17,18,19). The Hall–Kier alpha value is -2.41. The number of nitrogens with zero attached hydrogens (tertiary/aromatic N) is 4. The van der Waals surface area contributed by atoms with Gasteiger partial charge in [0.25, 0.3) is 0 Å². The minimum atomic E-state index is 0.678. The van der Waals surface area contributed by atoms with Gasteiger partial charge in [-0.15, -0.1) is 0 Å². The van der Waals surface area contributed by atoms with Gasteiger partial charge in [0.15, 0.2) is 5.16 Å². The van der Waals surface area contributed by atoms with Gasteiger partial charge in [-0.2, -0.15) is 5.10 Å². The first-order chi connectivity index (χ1) is 9.90. The maximum absolute atomic E-state index is 4.16. The molecule has 0 aliphatic rings. The first-order valence-electron chi connectivity index (χ1n) is 6.02. The Labute approximate surface area is 120 Å². The zero-order chi connectivity index (χ0) is 13.6. The SMILES string of the molecule is c1cc(CNc2ccc(Sc3ncn[nH]3)cc2)ncn1. The fourth-order valence-corrected chi connectivity index (χ4v) is 2.30. The lowest BCUT2D eigenvalue weighted by atomic mass is 10.3. The van der Waals surface area contributed by atoms with Crippen LogP contribution in [0.3, 0.4) is 0 Å². The summed E-state index contributed by atoms with van der Waals surface area (Å²) in [5.41, 5.74) is 2.01. The number of nitrogens with one attached hydrogen (secondary N) is 2. The first-order valence-corrected chi connectivity index (χ1v) is 6.84. The predicted octanol–water partition coefficient (Wildman–Crippen LogP) is 2.36. The summed E-state index contributed by atoms with van der Waals surface area (Å²) in [6.07, 6.45) is 4.79. The van der Waals surface area contributed by atoms with Crippen LogP contribution >= 0.6 is 11.8 Å². The molecule has 100 valence electrons. The van der Waals surface area contributed by atoms with Crippen LogP contribution in [0.4, 0.5) is 5.69 Å². The molecule has 3 rings (SSSR count). The number of benzene rings is 1. The molecule has 0 bridgehead atoms. The highest BCUT2D eigenvalue weighted by molar-refractivity contribution is 7.99. The third kappa shape index (κ3) is 3.33. The molecule has 2 heterocycles. The van der Waals surface area contributed by atoms with Gasteiger partial charge in [-0.05, 0) is 30.3 Å². The summed E-state index contributed by atoms with van der Waals surface area (Å²) in [4.78, 5) is 13.2. The van der Waals surface area contributed by atoms with Gasteiger partial charge in [0.05, 0.1) is 12.2 Å². The monoisotopic (exact) mass is 284 g/mol. The van der Waals surface area contributed by atoms with Gasteiger partial charge in [-0.1, -0.05) is 11.8 Å². The molecule has 0 aliphatic carbocycles. The van der Waals surface area contributed by atoms with Crippen molar-refractivity contribution in [1.82, 2.24) is 25.1 Å². The van der Waals surface area contributed by atoms with Gasteiger partial charge in [0, 0.05) is 16.8 Å². The molecule has 0 unspecified atom stereocenters. The summed E-state index contributed by atoms with van der Waals surface area (Å²) in [7, 11) is 0. The van der Waals surface area contributed by atoms with Crippen LogP contribution < -0.4 is 5.32 Å². The van der Waals surface area contributed by atoms with E-state index in [1.165, 1.54) is 18.1 Å². The quantitative estimate of drug-likeness (QED) is 0.748. The van der Waals surface area contributed by atoms with Crippen LogP contribution in [0, 0.1) is 0 Å². The molecule has 0 spiro atoms. The zero-order valence-corrected chi connectivity index (χ0v) is 11.3. The summed E-state index contributed by atoms with van der Waals surface area (Å²) in [6.45, 7) is 0.678. The Morgan fingerprint density at radius 2 is 1.95 bits per heavy atom. The van der Waals surface area contributed by atoms with Crippen LogP contribution in [0.15, 0.2) is 59.2 Å². The van der Waals surface area contributed by atoms with Crippen LogP contribution in [0.2, 0.25) is 0 Å². The fourth-order valence-electron chi connectivity index (χ4n) is 1.61. The summed E-state index contributed by atoms with van der Waals surface area (Å²) in [5, 5.41) is 10.7. The Morgan fingerprint density at radius 1 is 1.05 bits per heavy atom. The molecule has 6 nitrogen and oxygen atoms in total. The second-order valence-corrected chi connectivity index (χ2v) is 5.03. The molecule has 1 aromatic carbocycles. The molecule has 2 N–H and O–H groups in total. The number of hydrogen-bond donors (Lipinski definition) is 2. The summed E-state index contributed by atoms with van der Waals surface area (Å²) in [5.74, 6) is 0. The van der Waals surface area contributed by atoms with E-state index in [0.29, 0.717) is 6.54 Å². The van der Waals surface area contributed by atoms with Crippen molar-refractivity contribution in [2.45, 2.75) is 16.6 Å². The Bertz CT molecular complexity index is 638. The average molecular weight is 284 g/mol. The molecule has 0 saturated heterocycles. The number of aromatic nitrogens is 5. The number of anilines is 1. The van der Waals surface area contributed by atoms with E-state index in [-0.39, 0.29) is 0 Å². The van der Waals surface area contributed by atoms with Crippen molar-refractivity contribution in [1.29, 1.82) is 0 Å². The van der Waals surface area contributed by atoms with Crippen molar-refractivity contribution >= 4 is 17.4 Å². The minimum Gasteiger partial charge on any atom is -0.379 e. The van der Waals surface area contributed by atoms with Crippen LogP contribution in [0.25, 0.3) is 0 Å². The molecule has 3 aromatic rings. The lowest BCUT2D eigenvalue weighted by Crippen LogP contribution is -2.01. The van der Waals surface area contributed by atoms with Crippen molar-refractivity contribution < 1.29 is 0 Å². The lowest BCUT2D eigenvalue weighted by molar-refractivity contribution is 0.973. The number of hydrogen-bond acceptors (Lipinski definition) is 6. The number of H-pyrrole nitrogens is 1. The molecular weight excluding hydrogens is 272 g/mol. The highest BCUT2D eigenvalue weighted by atomic mass is 32.2. The first kappa shape index (κ1) is 12.6. The summed E-state index contributed by atoms with van der Waals surface area (Å²) < 4.78 is 0. The lowest BCUT2D eigenvalue weighted by Gasteiger charge is -2.06. The molecule has 0 fully saturated rings. The van der Waals surface area contributed by atoms with Gasteiger partial charge in [0.2, 0.25) is 0 Å². The average Bonchev–Trinajstić information content (AvgIpc) is 3.01. The van der Waals surface area contributed by atoms with Gasteiger partial charge in [-0.25, -0.2) is 15.0 Å². The van der Waals surface area contributed by atoms with E-state index < -0.39 is 0 Å². The van der Waals surface area contributed by atoms with Crippen molar-refractivity contribution in [3.8, 4) is 0 Å². The van der Waals surface area contributed by atoms with E-state index in [1.54, 1.807) is 12.5 Å². The van der Waals surface area contributed by atoms with Gasteiger partial charge in [-0.3, -0.25) is 5.10 Å². The van der Waals surface area contributed by atoms with Crippen LogP contribution in [0.5, 0.6) is 0 Å². The predicted molar refractivity (Wildman–Crippen MR) is 76.3 cm³/mol. The second-order valence-electron chi connectivity index (χ2n) is 3.97. The fraction of sp³-hybridized carbons (Fsp3) is 0.0769. The molecule has 7 heteroatoms. The third-order valence-corrected chi connectivity index (χ3v) is 3.48. The highest BCUT2D eigenvalue weighted by Gasteiger charge is 2.00. The van der Waals surface area contributed by atoms with Crippen LogP contribution in [-0.2, 0) is 6.54 Å². The maximum Gasteiger partial charge on any atom is 0.188 e. The number of aromatic amines is 1. The molecule has 0 amide bonds. The maximum atomic E-state index is 4.16. The van der Waals surface area contributed by atoms with E-state index in [1.807, 2.05) is 30.3 Å². The molecule has 0 atom stereocenters. The van der Waals surface area contributed by atoms with Gasteiger partial charge < -0.3 is 5.32 Å². The van der Waals surface area contributed by atoms with E-state index in [2.05, 4.69) is 30.5 Å². The summed E-state index contributed by atoms with van der Waals surface area (Å²) in [6, 6.07) is 10.0. The molecule has 0 aliphatic heterocycles. The van der Waals surface area contributed by atoms with Gasteiger partial charge in [0.1, 0.15) is 12.7 Å². The molecule has 0 saturated carbocycles. The highest BCUT2D eigenvalue weighted by Crippen LogP contribution is 2.25. The van der Waals surface area contributed by atoms with Crippen molar-refractivity contribution in [3.63, 3.8) is 0 Å². The zero-order valence-electron chi connectivity index (χ0n) is 10.5. The molecule has 0 radical (unpaired) electrons. The van der Waals surface area contributed by atoms with Crippen molar-refractivity contribution in [2.24, 2.45) is 0 Å². The molecule has 2 aromatic heterocycles. The van der Waals surface area contributed by atoms with E-state index >= 15 is 0 Å². The Balaban J connectivity index is 1.59. The van der Waals surface area contributed by atoms with E-state index in [9.17, 15) is 0 Å². The normalized spacial score (nSPS) is 10.4. The smallest absolute Gasteiger partial charge is 0.188 e. The van der Waals surface area contributed by atoms with Crippen molar-refractivity contribution in [3.05, 3.63) is 54.9 Å². The Kier molecular flexibility index (Phi) is 3.88. The topological polar surface area (TPSA) is 79.4 Å². The van der Waals surface area contributed by atoms with E-state index in [4.69, 9.17) is 0 Å². The minimum absolute atomic E-state index is 0.678. The summed E-state index contributed by atoms with van der Waals surface area (Å²) >= 11 is 1.54. The van der Waals surface area contributed by atoms with Crippen LogP contribution in [-0.4, -0.2) is 25.1 Å². The second kappa shape index (κ2) is 6.16. The third-order valence-electron chi connectivity index (χ3n) is 2.58. The van der Waals surface area contributed by atoms with Crippen molar-refractivity contribution in [2.75, 3.05) is 5.32 Å². The molecule has 20 heavy (non-hydrogen) atoms. The van der Waals surface area contributed by atoms with Crippen LogP contribution in [0.1, 0.15) is 5.69 Å². The van der Waals surface area contributed by atoms with Gasteiger partial charge >= 0.3 is 0 Å². The van der Waals surface area contributed by atoms with E-state index in [0.717, 1.165) is 21.4 Å². The molecular formula is C13H12N6S. The number of rotatable bonds is 5. The Morgan fingerprint density at radius 3 is 2.65 bits per heavy atom. The largest absolute Gasteiger partial charge is 0.379 e.